The number of carbonyl (C=O) groups is 3. The van der Waals surface area contributed by atoms with Crippen LogP contribution in [0.25, 0.3) is 0 Å². The summed E-state index contributed by atoms with van der Waals surface area (Å²) in [5, 5.41) is -0.942. The lowest BCUT2D eigenvalue weighted by Crippen LogP contribution is -2.45. The third-order valence-electron chi connectivity index (χ3n) is 6.42. The van der Waals surface area contributed by atoms with Crippen LogP contribution in [0.4, 0.5) is 5.82 Å². The molecule has 0 radical (unpaired) electrons. The van der Waals surface area contributed by atoms with E-state index >= 15 is 0 Å². The molecule has 1 N–H and O–H groups in total. The zero-order valence-electron chi connectivity index (χ0n) is 21.4. The molecule has 10 heteroatoms. The van der Waals surface area contributed by atoms with Gasteiger partial charge < -0.3 is 9.64 Å². The van der Waals surface area contributed by atoms with Crippen LogP contribution < -0.4 is 9.62 Å². The number of nitrogens with zero attached hydrogens (tertiary/aromatic N) is 2. The number of aryl methyl sites for hydroxylation is 1. The maximum atomic E-state index is 12.9. The number of ether oxygens (including phenoxy) is 1. The van der Waals surface area contributed by atoms with E-state index in [1.807, 2.05) is 35.2 Å². The molecule has 0 saturated carbocycles. The summed E-state index contributed by atoms with van der Waals surface area (Å²) in [4.78, 5) is 43.9. The van der Waals surface area contributed by atoms with Crippen molar-refractivity contribution in [1.82, 2.24) is 9.71 Å². The van der Waals surface area contributed by atoms with Crippen molar-refractivity contribution < 1.29 is 27.5 Å². The minimum Gasteiger partial charge on any atom is -0.462 e. The van der Waals surface area contributed by atoms with Crippen LogP contribution in [0, 0.1) is 12.8 Å². The Morgan fingerprint density at radius 3 is 2.41 bits per heavy atom. The number of ketones is 1. The van der Waals surface area contributed by atoms with Crippen LogP contribution in [-0.4, -0.2) is 56.0 Å². The average molecular weight is 528 g/mol. The number of pyridine rings is 1. The molecule has 1 aromatic heterocycles. The molecular weight excluding hydrogens is 494 g/mol. The van der Waals surface area contributed by atoms with Crippen LogP contribution in [0.3, 0.4) is 0 Å². The molecular formula is C27H33N3O6S. The Morgan fingerprint density at radius 2 is 1.84 bits per heavy atom. The summed E-state index contributed by atoms with van der Waals surface area (Å²) in [5.41, 5.74) is 1.81. The van der Waals surface area contributed by atoms with Gasteiger partial charge in [0, 0.05) is 19.0 Å². The molecule has 198 valence electrons. The second kappa shape index (κ2) is 12.1. The standard InChI is InChI=1S/C27H33N3O6S/c1-5-22(16-20-10-8-7-9-11-20)37(34,35)29-26(32)21-12-14-30(15-13-21)25-24(19(4)31)17-23(18(3)28-25)27(33)36-6-2/h5,7-11,17,21-22H,1,6,12-16H2,2-4H3,(H,29,32). The molecule has 0 aliphatic carbocycles. The zero-order valence-corrected chi connectivity index (χ0v) is 22.2. The predicted molar refractivity (Wildman–Crippen MR) is 141 cm³/mol. The van der Waals surface area contributed by atoms with Crippen LogP contribution in [0.15, 0.2) is 49.1 Å². The van der Waals surface area contributed by atoms with Gasteiger partial charge in [-0.1, -0.05) is 36.4 Å². The van der Waals surface area contributed by atoms with Crippen molar-refractivity contribution in [2.45, 2.75) is 45.3 Å². The summed E-state index contributed by atoms with van der Waals surface area (Å²) in [7, 11) is -3.96. The van der Waals surface area contributed by atoms with Crippen molar-refractivity contribution in [3.8, 4) is 0 Å². The Hall–Kier alpha value is -3.53. The number of sulfonamides is 1. The topological polar surface area (TPSA) is 123 Å². The summed E-state index contributed by atoms with van der Waals surface area (Å²) >= 11 is 0. The Kier molecular flexibility index (Phi) is 9.20. The van der Waals surface area contributed by atoms with E-state index in [0.29, 0.717) is 43.0 Å². The molecule has 1 aliphatic heterocycles. The molecule has 37 heavy (non-hydrogen) atoms. The Bertz CT molecular complexity index is 1270. The highest BCUT2D eigenvalue weighted by atomic mass is 32.2. The molecule has 1 atom stereocenters. The first kappa shape index (κ1) is 28.0. The highest BCUT2D eigenvalue weighted by Crippen LogP contribution is 2.28. The van der Waals surface area contributed by atoms with Crippen LogP contribution in [0.1, 0.15) is 58.7 Å². The Morgan fingerprint density at radius 1 is 1.19 bits per heavy atom. The molecule has 1 amide bonds. The third-order valence-corrected chi connectivity index (χ3v) is 8.06. The number of hydrogen-bond acceptors (Lipinski definition) is 8. The molecule has 1 fully saturated rings. The van der Waals surface area contributed by atoms with Gasteiger partial charge in [-0.2, -0.15) is 0 Å². The SMILES string of the molecule is C=CC(Cc1ccccc1)S(=O)(=O)NC(=O)C1CCN(c2nc(C)c(C(=O)OCC)cc2C(C)=O)CC1. The number of carbonyl (C=O) groups excluding carboxylic acids is 3. The number of hydrogen-bond donors (Lipinski definition) is 1. The molecule has 9 nitrogen and oxygen atoms in total. The summed E-state index contributed by atoms with van der Waals surface area (Å²) in [6.45, 7) is 9.44. The maximum Gasteiger partial charge on any atom is 0.339 e. The summed E-state index contributed by atoms with van der Waals surface area (Å²) in [6, 6.07) is 10.7. The molecule has 0 bridgehead atoms. The monoisotopic (exact) mass is 527 g/mol. The van der Waals surface area contributed by atoms with Crippen LogP contribution in [-0.2, 0) is 26.0 Å². The smallest absolute Gasteiger partial charge is 0.339 e. The lowest BCUT2D eigenvalue weighted by molar-refractivity contribution is -0.123. The van der Waals surface area contributed by atoms with Gasteiger partial charge in [-0.3, -0.25) is 14.3 Å². The molecule has 2 aromatic rings. The zero-order chi connectivity index (χ0) is 27.2. The number of Topliss-reactive ketones (excluding diaryl/α,β-unsaturated/α-hetero) is 1. The number of nitrogens with one attached hydrogen (secondary N) is 1. The van der Waals surface area contributed by atoms with Gasteiger partial charge in [0.2, 0.25) is 15.9 Å². The van der Waals surface area contributed by atoms with E-state index in [-0.39, 0.29) is 24.4 Å². The first-order chi connectivity index (χ1) is 17.6. The van der Waals surface area contributed by atoms with Crippen LogP contribution in [0.2, 0.25) is 0 Å². The van der Waals surface area contributed by atoms with E-state index in [1.165, 1.54) is 19.1 Å². The quantitative estimate of drug-likeness (QED) is 0.284. The fraction of sp³-hybridized carbons (Fsp3) is 0.407. The minimum atomic E-state index is -3.96. The second-order valence-electron chi connectivity index (χ2n) is 9.01. The number of aromatic nitrogens is 1. The highest BCUT2D eigenvalue weighted by Gasteiger charge is 2.32. The number of piperidine rings is 1. The van der Waals surface area contributed by atoms with Gasteiger partial charge in [-0.05, 0) is 51.7 Å². The largest absolute Gasteiger partial charge is 0.462 e. The second-order valence-corrected chi connectivity index (χ2v) is 10.9. The lowest BCUT2D eigenvalue weighted by Gasteiger charge is -2.33. The molecule has 1 saturated heterocycles. The number of esters is 1. The highest BCUT2D eigenvalue weighted by molar-refractivity contribution is 7.90. The minimum absolute atomic E-state index is 0.209. The fourth-order valence-corrected chi connectivity index (χ4v) is 5.59. The Balaban J connectivity index is 1.68. The van der Waals surface area contributed by atoms with E-state index in [1.54, 1.807) is 13.8 Å². The van der Waals surface area contributed by atoms with Crippen molar-refractivity contribution in [3.05, 3.63) is 71.4 Å². The van der Waals surface area contributed by atoms with Gasteiger partial charge in [0.25, 0.3) is 0 Å². The summed E-state index contributed by atoms with van der Waals surface area (Å²) in [6.07, 6.45) is 2.32. The molecule has 3 rings (SSSR count). The number of benzene rings is 1. The Labute approximate surface area is 218 Å². The molecule has 1 aromatic carbocycles. The van der Waals surface area contributed by atoms with Crippen molar-refractivity contribution in [1.29, 1.82) is 0 Å². The maximum absolute atomic E-state index is 12.9. The predicted octanol–water partition coefficient (Wildman–Crippen LogP) is 3.23. The van der Waals surface area contributed by atoms with E-state index in [4.69, 9.17) is 4.74 Å². The van der Waals surface area contributed by atoms with Gasteiger partial charge in [-0.15, -0.1) is 6.58 Å². The van der Waals surface area contributed by atoms with Crippen molar-refractivity contribution >= 4 is 33.5 Å². The van der Waals surface area contributed by atoms with Gasteiger partial charge in [0.05, 0.1) is 23.4 Å². The van der Waals surface area contributed by atoms with Crippen molar-refractivity contribution in [3.63, 3.8) is 0 Å². The van der Waals surface area contributed by atoms with Crippen molar-refractivity contribution in [2.24, 2.45) is 5.92 Å². The van der Waals surface area contributed by atoms with Crippen LogP contribution >= 0.6 is 0 Å². The van der Waals surface area contributed by atoms with Crippen molar-refractivity contribution in [2.75, 3.05) is 24.6 Å². The van der Waals surface area contributed by atoms with Gasteiger partial charge in [-0.25, -0.2) is 18.2 Å². The van der Waals surface area contributed by atoms with Gasteiger partial charge >= 0.3 is 5.97 Å². The third kappa shape index (κ3) is 6.82. The lowest BCUT2D eigenvalue weighted by atomic mass is 9.95. The first-order valence-electron chi connectivity index (χ1n) is 12.2. The molecule has 0 spiro atoms. The first-order valence-corrected chi connectivity index (χ1v) is 13.8. The van der Waals surface area contributed by atoms with Gasteiger partial charge in [0.15, 0.2) is 5.78 Å². The normalized spacial score (nSPS) is 15.1. The van der Waals surface area contributed by atoms with E-state index in [2.05, 4.69) is 16.3 Å². The summed E-state index contributed by atoms with van der Waals surface area (Å²) in [5.74, 6) is -1.39. The number of anilines is 1. The van der Waals surface area contributed by atoms with Gasteiger partial charge in [0.1, 0.15) is 11.1 Å². The van der Waals surface area contributed by atoms with Crippen LogP contribution in [0.5, 0.6) is 0 Å². The molecule has 1 aliphatic rings. The van der Waals surface area contributed by atoms with E-state index in [9.17, 15) is 22.8 Å². The number of rotatable bonds is 10. The summed E-state index contributed by atoms with van der Waals surface area (Å²) < 4.78 is 33.1. The fourth-order valence-electron chi connectivity index (χ4n) is 4.33. The average Bonchev–Trinajstić information content (AvgIpc) is 2.87. The van der Waals surface area contributed by atoms with E-state index < -0.39 is 33.1 Å². The molecule has 1 unspecified atom stereocenters. The number of amides is 1. The molecule has 2 heterocycles. The van der Waals surface area contributed by atoms with E-state index in [0.717, 1.165) is 5.56 Å².